The molecule has 2 saturated carbocycles. The third kappa shape index (κ3) is 3.27. The van der Waals surface area contributed by atoms with E-state index in [1.807, 2.05) is 6.07 Å². The van der Waals surface area contributed by atoms with E-state index in [-0.39, 0.29) is 0 Å². The number of hydrogen-bond donors (Lipinski definition) is 0. The molecule has 1 saturated heterocycles. The molecule has 1 amide bonds. The van der Waals surface area contributed by atoms with Gasteiger partial charge in [0.15, 0.2) is 0 Å². The van der Waals surface area contributed by atoms with Crippen molar-refractivity contribution in [3.8, 4) is 0 Å². The number of piperazine rings is 1. The van der Waals surface area contributed by atoms with E-state index in [4.69, 9.17) is 4.98 Å². The Morgan fingerprint density at radius 2 is 1.96 bits per heavy atom. The first-order valence-corrected chi connectivity index (χ1v) is 10.9. The largest absolute Gasteiger partial charge is 0.340 e. The highest BCUT2D eigenvalue weighted by molar-refractivity contribution is 7.18. The maximum atomic E-state index is 12.7. The Morgan fingerprint density at radius 3 is 2.69 bits per heavy atom. The van der Waals surface area contributed by atoms with Crippen LogP contribution in [0.1, 0.15) is 37.1 Å². The highest BCUT2D eigenvalue weighted by Gasteiger charge is 2.40. The number of aromatic nitrogens is 1. The molecule has 1 aliphatic heterocycles. The Balaban J connectivity index is 1.13. The Labute approximate surface area is 159 Å². The predicted octanol–water partition coefficient (Wildman–Crippen LogP) is 3.77. The molecule has 1 aromatic heterocycles. The van der Waals surface area contributed by atoms with Crippen LogP contribution in [0.5, 0.6) is 0 Å². The second-order valence-electron chi connectivity index (χ2n) is 8.37. The molecule has 1 aromatic carbocycles. The van der Waals surface area contributed by atoms with Gasteiger partial charge in [0.2, 0.25) is 5.91 Å². The quantitative estimate of drug-likeness (QED) is 0.823. The van der Waals surface area contributed by atoms with Crippen molar-refractivity contribution in [2.24, 2.45) is 17.8 Å². The normalized spacial score (nSPS) is 28.9. The average Bonchev–Trinajstić information content (AvgIpc) is 3.36. The molecule has 2 bridgehead atoms. The van der Waals surface area contributed by atoms with Crippen molar-refractivity contribution in [1.29, 1.82) is 0 Å². The summed E-state index contributed by atoms with van der Waals surface area (Å²) in [6.07, 6.45) is 6.30. The third-order valence-electron chi connectivity index (χ3n) is 6.74. The number of hydrogen-bond acceptors (Lipinski definition) is 4. The summed E-state index contributed by atoms with van der Waals surface area (Å²) < 4.78 is 1.27. The topological polar surface area (TPSA) is 36.4 Å². The molecule has 2 aromatic rings. The van der Waals surface area contributed by atoms with E-state index in [0.29, 0.717) is 11.8 Å². The van der Waals surface area contributed by atoms with Crippen molar-refractivity contribution in [2.45, 2.75) is 38.6 Å². The smallest absolute Gasteiger partial charge is 0.222 e. The first-order valence-electron chi connectivity index (χ1n) is 10.1. The van der Waals surface area contributed by atoms with Gasteiger partial charge < -0.3 is 4.90 Å². The van der Waals surface area contributed by atoms with E-state index >= 15 is 0 Å². The number of fused-ring (bicyclic) bond motifs is 3. The van der Waals surface area contributed by atoms with Crippen LogP contribution in [-0.2, 0) is 11.3 Å². The first kappa shape index (κ1) is 16.7. The van der Waals surface area contributed by atoms with Crippen LogP contribution in [-0.4, -0.2) is 46.9 Å². The van der Waals surface area contributed by atoms with E-state index in [1.54, 1.807) is 11.3 Å². The summed E-state index contributed by atoms with van der Waals surface area (Å²) in [6.45, 7) is 4.61. The molecule has 5 heteroatoms. The van der Waals surface area contributed by atoms with Gasteiger partial charge in [0.1, 0.15) is 5.01 Å². The molecule has 3 unspecified atom stereocenters. The Morgan fingerprint density at radius 1 is 1.12 bits per heavy atom. The minimum absolute atomic E-state index is 0.405. The minimum Gasteiger partial charge on any atom is -0.340 e. The molecule has 2 heterocycles. The molecule has 0 spiro atoms. The Hall–Kier alpha value is -1.46. The predicted molar refractivity (Wildman–Crippen MR) is 105 cm³/mol. The number of amides is 1. The lowest BCUT2D eigenvalue weighted by Gasteiger charge is -2.35. The van der Waals surface area contributed by atoms with Crippen LogP contribution in [0.15, 0.2) is 24.3 Å². The molecule has 2 aliphatic carbocycles. The number of rotatable bonds is 4. The van der Waals surface area contributed by atoms with Gasteiger partial charge in [0, 0.05) is 32.6 Å². The molecule has 3 aliphatic rings. The maximum Gasteiger partial charge on any atom is 0.222 e. The summed E-state index contributed by atoms with van der Waals surface area (Å²) in [5.41, 5.74) is 1.10. The second-order valence-corrected chi connectivity index (χ2v) is 9.49. The number of carbonyl (C=O) groups excluding carboxylic acids is 1. The molecule has 0 radical (unpaired) electrons. The van der Waals surface area contributed by atoms with Gasteiger partial charge in [0.25, 0.3) is 0 Å². The zero-order valence-corrected chi connectivity index (χ0v) is 16.1. The van der Waals surface area contributed by atoms with Crippen LogP contribution in [0.25, 0.3) is 10.2 Å². The summed E-state index contributed by atoms with van der Waals surface area (Å²) in [5.74, 6) is 2.87. The van der Waals surface area contributed by atoms with Crippen LogP contribution in [0.2, 0.25) is 0 Å². The van der Waals surface area contributed by atoms with E-state index < -0.39 is 0 Å². The van der Waals surface area contributed by atoms with Crippen LogP contribution >= 0.6 is 11.3 Å². The maximum absolute atomic E-state index is 12.7. The third-order valence-corrected chi connectivity index (χ3v) is 7.76. The van der Waals surface area contributed by atoms with E-state index in [1.165, 1.54) is 35.4 Å². The fourth-order valence-electron chi connectivity index (χ4n) is 5.31. The Kier molecular flexibility index (Phi) is 4.45. The fraction of sp³-hybridized carbons (Fsp3) is 0.619. The molecule has 4 nitrogen and oxygen atoms in total. The number of para-hydroxylation sites is 1. The van der Waals surface area contributed by atoms with Crippen molar-refractivity contribution >= 4 is 27.5 Å². The van der Waals surface area contributed by atoms with Crippen LogP contribution in [0, 0.1) is 17.8 Å². The van der Waals surface area contributed by atoms with Gasteiger partial charge in [-0.15, -0.1) is 11.3 Å². The van der Waals surface area contributed by atoms with E-state index in [0.717, 1.165) is 56.5 Å². The highest BCUT2D eigenvalue weighted by Crippen LogP contribution is 2.49. The molecule has 26 heavy (non-hydrogen) atoms. The number of thiazole rings is 1. The summed E-state index contributed by atoms with van der Waals surface area (Å²) in [5, 5.41) is 1.19. The van der Waals surface area contributed by atoms with Crippen molar-refractivity contribution in [3.63, 3.8) is 0 Å². The van der Waals surface area contributed by atoms with E-state index in [9.17, 15) is 4.79 Å². The standard InChI is InChI=1S/C21H27N3OS/c25-21(13-17-12-15-5-6-16(17)11-15)24-9-7-23(8-10-24)14-20-22-18-3-1-2-4-19(18)26-20/h1-4,15-17H,5-14H2. The lowest BCUT2D eigenvalue weighted by Crippen LogP contribution is -2.48. The van der Waals surface area contributed by atoms with Crippen LogP contribution in [0.4, 0.5) is 0 Å². The molecular weight excluding hydrogens is 342 g/mol. The van der Waals surface area contributed by atoms with Crippen molar-refractivity contribution in [3.05, 3.63) is 29.3 Å². The minimum atomic E-state index is 0.405. The summed E-state index contributed by atoms with van der Waals surface area (Å²) in [4.78, 5) is 22.0. The summed E-state index contributed by atoms with van der Waals surface area (Å²) in [6, 6.07) is 8.35. The van der Waals surface area contributed by atoms with Crippen molar-refractivity contribution < 1.29 is 4.79 Å². The van der Waals surface area contributed by atoms with Gasteiger partial charge in [-0.2, -0.15) is 0 Å². The van der Waals surface area contributed by atoms with Gasteiger partial charge in [-0.25, -0.2) is 4.98 Å². The Bertz CT molecular complexity index is 762. The molecule has 0 N–H and O–H groups in total. The van der Waals surface area contributed by atoms with Gasteiger partial charge in [-0.05, 0) is 49.1 Å². The molecule has 3 atom stereocenters. The zero-order valence-electron chi connectivity index (χ0n) is 15.3. The number of benzene rings is 1. The van der Waals surface area contributed by atoms with E-state index in [2.05, 4.69) is 28.0 Å². The second kappa shape index (κ2) is 6.93. The van der Waals surface area contributed by atoms with Crippen molar-refractivity contribution in [2.75, 3.05) is 26.2 Å². The SMILES string of the molecule is O=C(CC1CC2CCC1C2)N1CCN(Cc2nc3ccccc3s2)CC1. The van der Waals surface area contributed by atoms with Gasteiger partial charge >= 0.3 is 0 Å². The van der Waals surface area contributed by atoms with Gasteiger partial charge in [-0.3, -0.25) is 9.69 Å². The zero-order chi connectivity index (χ0) is 17.5. The van der Waals surface area contributed by atoms with Crippen LogP contribution < -0.4 is 0 Å². The highest BCUT2D eigenvalue weighted by atomic mass is 32.1. The lowest BCUT2D eigenvalue weighted by atomic mass is 9.86. The van der Waals surface area contributed by atoms with Gasteiger partial charge in [0.05, 0.1) is 16.8 Å². The number of nitrogens with zero attached hydrogens (tertiary/aromatic N) is 3. The molecule has 3 fully saturated rings. The fourth-order valence-corrected chi connectivity index (χ4v) is 6.32. The van der Waals surface area contributed by atoms with Crippen LogP contribution in [0.3, 0.4) is 0 Å². The van der Waals surface area contributed by atoms with Gasteiger partial charge in [-0.1, -0.05) is 18.6 Å². The molecular formula is C21H27N3OS. The summed E-state index contributed by atoms with van der Waals surface area (Å²) >= 11 is 1.79. The monoisotopic (exact) mass is 369 g/mol. The first-order chi connectivity index (χ1) is 12.7. The summed E-state index contributed by atoms with van der Waals surface area (Å²) in [7, 11) is 0. The average molecular weight is 370 g/mol. The molecule has 5 rings (SSSR count). The lowest BCUT2D eigenvalue weighted by molar-refractivity contribution is -0.134. The van der Waals surface area contributed by atoms with Crippen molar-refractivity contribution in [1.82, 2.24) is 14.8 Å². The molecule has 138 valence electrons. The number of carbonyl (C=O) groups is 1.